The van der Waals surface area contributed by atoms with Crippen LogP contribution in [0.4, 0.5) is 17.1 Å². The number of hydrogen-bond acceptors (Lipinski definition) is 8. The summed E-state index contributed by atoms with van der Waals surface area (Å²) < 4.78 is 0. The van der Waals surface area contributed by atoms with Gasteiger partial charge in [0.25, 0.3) is 5.91 Å². The average Bonchev–Trinajstić information content (AvgIpc) is 3.12. The van der Waals surface area contributed by atoms with Crippen LogP contribution in [0, 0.1) is 13.8 Å². The molecule has 0 saturated heterocycles. The molecule has 0 bridgehead atoms. The second-order valence-corrected chi connectivity index (χ2v) is 12.7. The van der Waals surface area contributed by atoms with Crippen LogP contribution >= 0.6 is 25.3 Å². The highest BCUT2D eigenvalue weighted by molar-refractivity contribution is 7.80. The summed E-state index contributed by atoms with van der Waals surface area (Å²) in [5.41, 5.74) is 20.0. The van der Waals surface area contributed by atoms with Gasteiger partial charge in [-0.25, -0.2) is 0 Å². The molecule has 4 rings (SSSR count). The number of thiol groups is 2. The first kappa shape index (κ1) is 38.7. The van der Waals surface area contributed by atoms with E-state index in [-0.39, 0.29) is 23.8 Å². The standard InChI is InChI=1S/C23H33N3OS.C16H18N2OS/c1-4-5-6-9-18-11-12-19(13-22(18)25-14-20(24)15-28)23(27)26-21-10-7-8-16(2)17(21)3;17-14(11-20)10-18-15-8-4-7-13(9-15)16(19)12-5-2-1-3-6-12/h7-8,10-13,20,25,28H,4-6,9,14-15,24H2,1-3H3,(H,26,27);1-9,14,18,20H,10-11,17H2. The summed E-state index contributed by atoms with van der Waals surface area (Å²) in [6.07, 6.45) is 4.51. The van der Waals surface area contributed by atoms with Gasteiger partial charge in [-0.3, -0.25) is 9.59 Å². The second-order valence-electron chi connectivity index (χ2n) is 12.0. The largest absolute Gasteiger partial charge is 0.383 e. The van der Waals surface area contributed by atoms with Crippen molar-refractivity contribution in [2.75, 3.05) is 40.5 Å². The zero-order valence-corrected chi connectivity index (χ0v) is 30.1. The topological polar surface area (TPSA) is 122 Å². The van der Waals surface area contributed by atoms with Crippen molar-refractivity contribution >= 4 is 54.0 Å². The van der Waals surface area contributed by atoms with Crippen LogP contribution in [0.3, 0.4) is 0 Å². The highest BCUT2D eigenvalue weighted by Crippen LogP contribution is 2.23. The zero-order chi connectivity index (χ0) is 34.9. The number of nitrogens with one attached hydrogen (secondary N) is 3. The number of rotatable bonds is 16. The molecule has 0 radical (unpaired) electrons. The number of hydrogen-bond donors (Lipinski definition) is 7. The lowest BCUT2D eigenvalue weighted by Crippen LogP contribution is -2.31. The van der Waals surface area contributed by atoms with E-state index in [4.69, 9.17) is 11.5 Å². The lowest BCUT2D eigenvalue weighted by Gasteiger charge is -2.17. The number of nitrogens with two attached hydrogens (primary N) is 2. The van der Waals surface area contributed by atoms with Crippen LogP contribution in [0.5, 0.6) is 0 Å². The average molecular weight is 686 g/mol. The van der Waals surface area contributed by atoms with Gasteiger partial charge in [-0.15, -0.1) is 0 Å². The number of benzene rings is 4. The number of amides is 1. The Labute approximate surface area is 297 Å². The maximum atomic E-state index is 12.8. The van der Waals surface area contributed by atoms with E-state index < -0.39 is 0 Å². The summed E-state index contributed by atoms with van der Waals surface area (Å²) in [4.78, 5) is 25.1. The highest BCUT2D eigenvalue weighted by Gasteiger charge is 2.13. The van der Waals surface area contributed by atoms with Gasteiger partial charge in [0.05, 0.1) is 0 Å². The van der Waals surface area contributed by atoms with Crippen LogP contribution in [0.25, 0.3) is 0 Å². The molecule has 0 spiro atoms. The molecule has 7 nitrogen and oxygen atoms in total. The first-order valence-electron chi connectivity index (χ1n) is 16.6. The van der Waals surface area contributed by atoms with Crippen LogP contribution in [0.15, 0.2) is 91.0 Å². The number of aryl methyl sites for hydroxylation is 2. The van der Waals surface area contributed by atoms with Crippen LogP contribution in [0.2, 0.25) is 0 Å². The Morgan fingerprint density at radius 2 is 1.38 bits per heavy atom. The Bertz CT molecular complexity index is 1600. The molecule has 2 unspecified atom stereocenters. The van der Waals surface area contributed by atoms with Gasteiger partial charge in [-0.05, 0) is 73.7 Å². The van der Waals surface area contributed by atoms with Crippen molar-refractivity contribution in [3.63, 3.8) is 0 Å². The van der Waals surface area contributed by atoms with E-state index in [1.807, 2.05) is 98.8 Å². The fourth-order valence-electron chi connectivity index (χ4n) is 4.89. The molecular formula is C39H51N5O2S2. The first-order chi connectivity index (χ1) is 23.2. The van der Waals surface area contributed by atoms with Crippen molar-refractivity contribution < 1.29 is 9.59 Å². The van der Waals surface area contributed by atoms with E-state index in [1.165, 1.54) is 18.4 Å². The Morgan fingerprint density at radius 3 is 2.06 bits per heavy atom. The maximum Gasteiger partial charge on any atom is 0.255 e. The normalized spacial score (nSPS) is 11.9. The smallest absolute Gasteiger partial charge is 0.255 e. The van der Waals surface area contributed by atoms with Crippen molar-refractivity contribution in [1.29, 1.82) is 0 Å². The second kappa shape index (κ2) is 20.6. The van der Waals surface area contributed by atoms with Gasteiger partial charge < -0.3 is 27.4 Å². The van der Waals surface area contributed by atoms with E-state index >= 15 is 0 Å². The molecule has 4 aromatic rings. The predicted octanol–water partition coefficient (Wildman–Crippen LogP) is 7.54. The molecular weight excluding hydrogens is 635 g/mol. The van der Waals surface area contributed by atoms with E-state index in [0.29, 0.717) is 41.3 Å². The molecule has 0 aromatic heterocycles. The van der Waals surface area contributed by atoms with Crippen molar-refractivity contribution in [1.82, 2.24) is 0 Å². The molecule has 256 valence electrons. The Kier molecular flexibility index (Phi) is 16.6. The number of anilines is 3. The number of ketones is 1. The Balaban J connectivity index is 0.000000275. The van der Waals surface area contributed by atoms with Gasteiger partial charge in [-0.2, -0.15) is 25.3 Å². The van der Waals surface area contributed by atoms with Crippen LogP contribution in [-0.4, -0.2) is 48.4 Å². The lowest BCUT2D eigenvalue weighted by molar-refractivity contribution is 0.102. The fraction of sp³-hybridized carbons (Fsp3) is 0.333. The maximum absolute atomic E-state index is 12.8. The summed E-state index contributed by atoms with van der Waals surface area (Å²) >= 11 is 8.40. The predicted molar refractivity (Wildman–Crippen MR) is 210 cm³/mol. The molecule has 48 heavy (non-hydrogen) atoms. The summed E-state index contributed by atoms with van der Waals surface area (Å²) in [6, 6.07) is 28.5. The summed E-state index contributed by atoms with van der Waals surface area (Å²) in [7, 11) is 0. The number of carbonyl (C=O) groups is 2. The Morgan fingerprint density at radius 1 is 0.708 bits per heavy atom. The zero-order valence-electron chi connectivity index (χ0n) is 28.3. The van der Waals surface area contributed by atoms with Crippen molar-refractivity contribution in [2.24, 2.45) is 11.5 Å². The number of carbonyl (C=O) groups excluding carboxylic acids is 2. The minimum Gasteiger partial charge on any atom is -0.383 e. The molecule has 1 amide bonds. The third kappa shape index (κ3) is 12.4. The summed E-state index contributed by atoms with van der Waals surface area (Å²) in [5.74, 6) is 1.16. The van der Waals surface area contributed by atoms with Crippen molar-refractivity contribution in [3.05, 3.63) is 124 Å². The summed E-state index contributed by atoms with van der Waals surface area (Å²) in [6.45, 7) is 7.53. The monoisotopic (exact) mass is 685 g/mol. The van der Waals surface area contributed by atoms with Crippen molar-refractivity contribution in [3.8, 4) is 0 Å². The van der Waals surface area contributed by atoms with Gasteiger partial charge in [0.2, 0.25) is 0 Å². The quantitative estimate of drug-likeness (QED) is 0.0372. The molecule has 0 aliphatic rings. The highest BCUT2D eigenvalue weighted by atomic mass is 32.1. The van der Waals surface area contributed by atoms with Gasteiger partial charge in [-0.1, -0.05) is 80.4 Å². The minimum atomic E-state index is -0.102. The minimum absolute atomic E-state index is 0.00758. The molecule has 0 saturated carbocycles. The molecule has 0 aliphatic carbocycles. The van der Waals surface area contributed by atoms with E-state index in [0.717, 1.165) is 41.0 Å². The van der Waals surface area contributed by atoms with E-state index in [2.05, 4.69) is 54.2 Å². The van der Waals surface area contributed by atoms with Gasteiger partial charge in [0, 0.05) is 70.4 Å². The first-order valence-corrected chi connectivity index (χ1v) is 17.8. The Hall–Kier alpha value is -3.76. The van der Waals surface area contributed by atoms with Crippen LogP contribution in [0.1, 0.15) is 69.2 Å². The van der Waals surface area contributed by atoms with E-state index in [1.54, 1.807) is 0 Å². The SMILES string of the molecule is CCCCCc1ccc(C(=O)Nc2cccc(C)c2C)cc1NCC(N)CS.NC(CS)CNc1cccc(C(=O)c2ccccc2)c1. The molecule has 4 aromatic carbocycles. The van der Waals surface area contributed by atoms with Gasteiger partial charge >= 0.3 is 0 Å². The van der Waals surface area contributed by atoms with Gasteiger partial charge in [0.15, 0.2) is 5.78 Å². The molecule has 0 heterocycles. The van der Waals surface area contributed by atoms with Crippen LogP contribution in [-0.2, 0) is 6.42 Å². The lowest BCUT2D eigenvalue weighted by atomic mass is 10.0. The molecule has 9 heteroatoms. The third-order valence-electron chi connectivity index (χ3n) is 8.03. The molecule has 7 N–H and O–H groups in total. The molecule has 0 fully saturated rings. The third-order valence-corrected chi connectivity index (χ3v) is 8.97. The van der Waals surface area contributed by atoms with Crippen molar-refractivity contribution in [2.45, 2.75) is 58.5 Å². The molecule has 0 aliphatic heterocycles. The van der Waals surface area contributed by atoms with Gasteiger partial charge in [0.1, 0.15) is 0 Å². The number of unbranched alkanes of at least 4 members (excludes halogenated alkanes) is 2. The van der Waals surface area contributed by atoms with E-state index in [9.17, 15) is 9.59 Å². The fourth-order valence-corrected chi connectivity index (χ4v) is 5.15. The summed E-state index contributed by atoms with van der Waals surface area (Å²) in [5, 5.41) is 9.67. The van der Waals surface area contributed by atoms with Crippen LogP contribution < -0.4 is 27.4 Å². The molecule has 2 atom stereocenters.